The molecule has 2 aromatic carbocycles. The number of anilines is 1. The molecule has 1 amide bonds. The van der Waals surface area contributed by atoms with E-state index in [1.165, 1.54) is 11.8 Å². The summed E-state index contributed by atoms with van der Waals surface area (Å²) in [5.41, 5.74) is 2.78. The van der Waals surface area contributed by atoms with Crippen LogP contribution in [-0.4, -0.2) is 28.2 Å². The molecular weight excluding hydrogens is 336 g/mol. The van der Waals surface area contributed by atoms with E-state index in [4.69, 9.17) is 10.00 Å². The van der Waals surface area contributed by atoms with Crippen LogP contribution in [0.25, 0.3) is 11.0 Å². The number of hydrogen-bond donors (Lipinski definition) is 2. The average Bonchev–Trinajstić information content (AvgIpc) is 3.02. The van der Waals surface area contributed by atoms with Crippen LogP contribution < -0.4 is 10.1 Å². The number of ether oxygens (including phenoxy) is 1. The van der Waals surface area contributed by atoms with Gasteiger partial charge < -0.3 is 15.0 Å². The molecule has 7 heteroatoms. The number of aromatic amines is 1. The van der Waals surface area contributed by atoms with E-state index in [1.54, 1.807) is 31.4 Å². The van der Waals surface area contributed by atoms with Gasteiger partial charge >= 0.3 is 0 Å². The van der Waals surface area contributed by atoms with Crippen molar-refractivity contribution >= 4 is 34.4 Å². The maximum atomic E-state index is 12.4. The highest BCUT2D eigenvalue weighted by molar-refractivity contribution is 8.00. The highest BCUT2D eigenvalue weighted by Crippen LogP contribution is 2.26. The molecule has 0 aliphatic rings. The molecule has 0 aliphatic carbocycles. The second-order valence-electron chi connectivity index (χ2n) is 5.37. The Morgan fingerprint density at radius 3 is 2.96 bits per heavy atom. The molecule has 3 aromatic rings. The van der Waals surface area contributed by atoms with E-state index in [-0.39, 0.29) is 11.2 Å². The molecule has 2 N–H and O–H groups in total. The lowest BCUT2D eigenvalue weighted by molar-refractivity contribution is -0.115. The van der Waals surface area contributed by atoms with Crippen LogP contribution in [0.2, 0.25) is 0 Å². The van der Waals surface area contributed by atoms with Crippen LogP contribution in [0.1, 0.15) is 12.5 Å². The number of rotatable bonds is 5. The number of hydrogen-bond acceptors (Lipinski definition) is 5. The van der Waals surface area contributed by atoms with Crippen molar-refractivity contribution in [3.63, 3.8) is 0 Å². The maximum Gasteiger partial charge on any atom is 0.237 e. The van der Waals surface area contributed by atoms with Gasteiger partial charge in [-0.25, -0.2) is 4.98 Å². The van der Waals surface area contributed by atoms with Crippen LogP contribution in [0.15, 0.2) is 47.6 Å². The zero-order valence-electron chi connectivity index (χ0n) is 13.7. The molecule has 0 unspecified atom stereocenters. The predicted molar refractivity (Wildman–Crippen MR) is 97.8 cm³/mol. The molecule has 0 spiro atoms. The van der Waals surface area contributed by atoms with Crippen molar-refractivity contribution in [1.29, 1.82) is 5.26 Å². The molecule has 6 nitrogen and oxygen atoms in total. The SMILES string of the molecule is COc1ccc2nc(S[C@H](C)C(=O)Nc3cccc(C#N)c3)[nH]c2c1. The van der Waals surface area contributed by atoms with E-state index >= 15 is 0 Å². The van der Waals surface area contributed by atoms with Crippen LogP contribution in [0.5, 0.6) is 5.75 Å². The van der Waals surface area contributed by atoms with Crippen LogP contribution in [0.3, 0.4) is 0 Å². The van der Waals surface area contributed by atoms with Gasteiger partial charge in [-0.3, -0.25) is 4.79 Å². The topological polar surface area (TPSA) is 90.8 Å². The molecule has 0 saturated carbocycles. The predicted octanol–water partition coefficient (Wildman–Crippen LogP) is 3.56. The summed E-state index contributed by atoms with van der Waals surface area (Å²) in [6.45, 7) is 1.81. The van der Waals surface area contributed by atoms with Gasteiger partial charge in [-0.2, -0.15) is 5.26 Å². The second kappa shape index (κ2) is 7.28. The van der Waals surface area contributed by atoms with Gasteiger partial charge in [0, 0.05) is 11.8 Å². The number of nitrogens with one attached hydrogen (secondary N) is 2. The Labute approximate surface area is 149 Å². The van der Waals surface area contributed by atoms with Crippen molar-refractivity contribution in [3.8, 4) is 11.8 Å². The normalized spacial score (nSPS) is 11.7. The number of H-pyrrole nitrogens is 1. The summed E-state index contributed by atoms with van der Waals surface area (Å²) in [6.07, 6.45) is 0. The smallest absolute Gasteiger partial charge is 0.237 e. The van der Waals surface area contributed by atoms with Crippen molar-refractivity contribution in [2.45, 2.75) is 17.3 Å². The minimum Gasteiger partial charge on any atom is -0.497 e. The summed E-state index contributed by atoms with van der Waals surface area (Å²) < 4.78 is 5.19. The van der Waals surface area contributed by atoms with Gasteiger partial charge in [0.1, 0.15) is 5.75 Å². The van der Waals surface area contributed by atoms with E-state index < -0.39 is 0 Å². The van der Waals surface area contributed by atoms with Gasteiger partial charge in [0.25, 0.3) is 0 Å². The molecule has 1 heterocycles. The van der Waals surface area contributed by atoms with E-state index in [1.807, 2.05) is 25.1 Å². The first-order chi connectivity index (χ1) is 12.1. The zero-order chi connectivity index (χ0) is 17.8. The number of benzene rings is 2. The molecule has 1 atom stereocenters. The summed E-state index contributed by atoms with van der Waals surface area (Å²) >= 11 is 1.34. The summed E-state index contributed by atoms with van der Waals surface area (Å²) in [4.78, 5) is 20.0. The molecule has 0 radical (unpaired) electrons. The average molecular weight is 352 g/mol. The third kappa shape index (κ3) is 3.92. The monoisotopic (exact) mass is 352 g/mol. The highest BCUT2D eigenvalue weighted by Gasteiger charge is 2.17. The minimum atomic E-state index is -0.354. The van der Waals surface area contributed by atoms with Crippen LogP contribution in [-0.2, 0) is 4.79 Å². The summed E-state index contributed by atoms with van der Waals surface area (Å²) in [5, 5.41) is 12.0. The number of nitriles is 1. The van der Waals surface area contributed by atoms with Crippen molar-refractivity contribution in [1.82, 2.24) is 9.97 Å². The van der Waals surface area contributed by atoms with Gasteiger partial charge in [0.2, 0.25) is 5.91 Å². The lowest BCUT2D eigenvalue weighted by Crippen LogP contribution is -2.22. The van der Waals surface area contributed by atoms with Gasteiger partial charge in [-0.1, -0.05) is 17.8 Å². The number of methoxy groups -OCH3 is 1. The number of nitrogens with zero attached hydrogens (tertiary/aromatic N) is 2. The Balaban J connectivity index is 1.69. The Hall–Kier alpha value is -2.98. The van der Waals surface area contributed by atoms with Gasteiger partial charge in [-0.05, 0) is 37.3 Å². The number of thioether (sulfide) groups is 1. The van der Waals surface area contributed by atoms with Gasteiger partial charge in [0.15, 0.2) is 5.16 Å². The lowest BCUT2D eigenvalue weighted by atomic mass is 10.2. The van der Waals surface area contributed by atoms with E-state index in [2.05, 4.69) is 21.4 Å². The van der Waals surface area contributed by atoms with Crippen LogP contribution in [0, 0.1) is 11.3 Å². The third-order valence-electron chi connectivity index (χ3n) is 3.58. The molecular formula is C18H16N4O2S. The molecule has 1 aromatic heterocycles. The largest absolute Gasteiger partial charge is 0.497 e. The first kappa shape index (κ1) is 16.9. The molecule has 0 fully saturated rings. The molecule has 0 aliphatic heterocycles. The van der Waals surface area contributed by atoms with Crippen molar-refractivity contribution < 1.29 is 9.53 Å². The minimum absolute atomic E-state index is 0.155. The lowest BCUT2D eigenvalue weighted by Gasteiger charge is -2.10. The molecule has 126 valence electrons. The van der Waals surface area contributed by atoms with Crippen molar-refractivity contribution in [3.05, 3.63) is 48.0 Å². The molecule has 25 heavy (non-hydrogen) atoms. The second-order valence-corrected chi connectivity index (χ2v) is 6.70. The number of fused-ring (bicyclic) bond motifs is 1. The van der Waals surface area contributed by atoms with Crippen LogP contribution >= 0.6 is 11.8 Å². The van der Waals surface area contributed by atoms with Gasteiger partial charge in [-0.15, -0.1) is 0 Å². The highest BCUT2D eigenvalue weighted by atomic mass is 32.2. The maximum absolute atomic E-state index is 12.4. The number of carbonyl (C=O) groups excluding carboxylic acids is 1. The standard InChI is InChI=1S/C18H16N4O2S/c1-11(17(23)20-13-5-3-4-12(8-13)10-19)25-18-21-15-7-6-14(24-2)9-16(15)22-18/h3-9,11H,1-2H3,(H,20,23)(H,21,22)/t11-/m1/s1. The van der Waals surface area contributed by atoms with Crippen molar-refractivity contribution in [2.24, 2.45) is 0 Å². The van der Waals surface area contributed by atoms with E-state index in [0.717, 1.165) is 16.8 Å². The fraction of sp³-hybridized carbons (Fsp3) is 0.167. The number of amides is 1. The Morgan fingerprint density at radius 2 is 2.20 bits per heavy atom. The summed E-state index contributed by atoms with van der Waals surface area (Å²) in [5.74, 6) is 0.592. The Kier molecular flexibility index (Phi) is 4.91. The Morgan fingerprint density at radius 1 is 1.36 bits per heavy atom. The quantitative estimate of drug-likeness (QED) is 0.685. The number of imidazole rings is 1. The molecule has 0 saturated heterocycles. The van der Waals surface area contributed by atoms with E-state index in [0.29, 0.717) is 16.4 Å². The zero-order valence-corrected chi connectivity index (χ0v) is 14.6. The fourth-order valence-electron chi connectivity index (χ4n) is 2.28. The fourth-order valence-corrected chi connectivity index (χ4v) is 3.10. The Bertz CT molecular complexity index is 961. The van der Waals surface area contributed by atoms with E-state index in [9.17, 15) is 4.79 Å². The molecule has 0 bridgehead atoms. The number of carbonyl (C=O) groups is 1. The van der Waals surface area contributed by atoms with Crippen LogP contribution in [0.4, 0.5) is 5.69 Å². The van der Waals surface area contributed by atoms with Crippen molar-refractivity contribution in [2.75, 3.05) is 12.4 Å². The third-order valence-corrected chi connectivity index (χ3v) is 4.57. The number of aromatic nitrogens is 2. The summed E-state index contributed by atoms with van der Waals surface area (Å²) in [6, 6.07) is 14.4. The first-order valence-corrected chi connectivity index (χ1v) is 8.48. The molecule has 3 rings (SSSR count). The van der Waals surface area contributed by atoms with Gasteiger partial charge in [0.05, 0.1) is 35.0 Å². The summed E-state index contributed by atoms with van der Waals surface area (Å²) in [7, 11) is 1.61. The first-order valence-electron chi connectivity index (χ1n) is 7.60.